The molecule has 0 bridgehead atoms. The smallest absolute Gasteiger partial charge is 0.307 e. The maximum absolute atomic E-state index is 11.0. The molecule has 0 saturated heterocycles. The number of carboxylic acid groups (broad SMARTS) is 1. The molecule has 0 rings (SSSR count). The molecule has 0 aliphatic heterocycles. The summed E-state index contributed by atoms with van der Waals surface area (Å²) in [6, 6.07) is 0. The molecule has 0 aromatic rings. The van der Waals surface area contributed by atoms with Gasteiger partial charge in [0.15, 0.2) is 0 Å². The molecular formula is C12H25N3O3. The summed E-state index contributed by atoms with van der Waals surface area (Å²) in [5.41, 5.74) is 5.17. The molecule has 106 valence electrons. The molecule has 0 spiro atoms. The number of hydrogen-bond acceptors (Lipinski definition) is 4. The quantitative estimate of drug-likeness (QED) is 0.569. The number of hydrogen-bond donors (Lipinski definition) is 2. The van der Waals surface area contributed by atoms with Crippen molar-refractivity contribution < 1.29 is 14.7 Å². The highest BCUT2D eigenvalue weighted by Crippen LogP contribution is 2.01. The minimum atomic E-state index is -0.854. The fourth-order valence-corrected chi connectivity index (χ4v) is 1.74. The molecule has 0 aromatic heterocycles. The van der Waals surface area contributed by atoms with E-state index in [1.54, 1.807) is 11.8 Å². The Morgan fingerprint density at radius 3 is 2.06 bits per heavy atom. The van der Waals surface area contributed by atoms with Gasteiger partial charge in [-0.3, -0.25) is 14.5 Å². The van der Waals surface area contributed by atoms with Crippen LogP contribution in [-0.2, 0) is 9.59 Å². The summed E-state index contributed by atoms with van der Waals surface area (Å²) >= 11 is 0. The van der Waals surface area contributed by atoms with Crippen LogP contribution in [0.15, 0.2) is 0 Å². The van der Waals surface area contributed by atoms with Gasteiger partial charge in [-0.15, -0.1) is 0 Å². The first-order valence-electron chi connectivity index (χ1n) is 6.36. The molecule has 0 radical (unpaired) electrons. The minimum Gasteiger partial charge on any atom is -0.481 e. The van der Waals surface area contributed by atoms with Crippen molar-refractivity contribution in [2.24, 2.45) is 11.7 Å². The van der Waals surface area contributed by atoms with E-state index in [4.69, 9.17) is 10.8 Å². The monoisotopic (exact) mass is 259 g/mol. The summed E-state index contributed by atoms with van der Waals surface area (Å²) in [6.45, 7) is 9.58. The van der Waals surface area contributed by atoms with Crippen LogP contribution in [0.1, 0.15) is 20.8 Å². The van der Waals surface area contributed by atoms with E-state index in [1.807, 2.05) is 0 Å². The Bertz CT molecular complexity index is 267. The van der Waals surface area contributed by atoms with Crippen LogP contribution in [0.3, 0.4) is 0 Å². The molecule has 1 atom stereocenters. The summed E-state index contributed by atoms with van der Waals surface area (Å²) in [4.78, 5) is 25.8. The van der Waals surface area contributed by atoms with Crippen molar-refractivity contribution in [2.75, 3.05) is 39.3 Å². The van der Waals surface area contributed by atoms with Crippen LogP contribution in [0.2, 0.25) is 0 Å². The maximum Gasteiger partial charge on any atom is 0.307 e. The van der Waals surface area contributed by atoms with Crippen LogP contribution in [0, 0.1) is 5.92 Å². The van der Waals surface area contributed by atoms with Crippen molar-refractivity contribution in [2.45, 2.75) is 20.8 Å². The van der Waals surface area contributed by atoms with E-state index in [1.165, 1.54) is 0 Å². The Morgan fingerprint density at radius 2 is 1.67 bits per heavy atom. The predicted octanol–water partition coefficient (Wildman–Crippen LogP) is -0.164. The van der Waals surface area contributed by atoms with Crippen molar-refractivity contribution in [1.29, 1.82) is 0 Å². The molecule has 1 unspecified atom stereocenters. The fraction of sp³-hybridized carbons (Fsp3) is 0.833. The number of carboxylic acids is 1. The van der Waals surface area contributed by atoms with Gasteiger partial charge >= 0.3 is 5.97 Å². The molecule has 0 heterocycles. The summed E-state index contributed by atoms with van der Waals surface area (Å²) in [7, 11) is 0. The lowest BCUT2D eigenvalue weighted by Gasteiger charge is -2.26. The number of nitrogens with two attached hydrogens (primary N) is 1. The number of nitrogens with zero attached hydrogens (tertiary/aromatic N) is 2. The molecule has 0 fully saturated rings. The number of likely N-dealkylation sites (N-methyl/N-ethyl adjacent to an activating group) is 1. The molecular weight excluding hydrogens is 234 g/mol. The Morgan fingerprint density at radius 1 is 1.17 bits per heavy atom. The molecule has 0 aliphatic rings. The maximum atomic E-state index is 11.0. The van der Waals surface area contributed by atoms with Gasteiger partial charge in [0, 0.05) is 19.6 Å². The van der Waals surface area contributed by atoms with Crippen LogP contribution in [0.5, 0.6) is 0 Å². The van der Waals surface area contributed by atoms with E-state index in [-0.39, 0.29) is 6.54 Å². The normalized spacial score (nSPS) is 12.9. The molecule has 0 saturated carbocycles. The number of primary amides is 1. The lowest BCUT2D eigenvalue weighted by molar-refractivity contribution is -0.142. The average Bonchev–Trinajstić information content (AvgIpc) is 2.29. The van der Waals surface area contributed by atoms with Crippen molar-refractivity contribution in [1.82, 2.24) is 9.80 Å². The first-order chi connectivity index (χ1) is 8.40. The summed E-state index contributed by atoms with van der Waals surface area (Å²) in [6.07, 6.45) is 0. The van der Waals surface area contributed by atoms with E-state index < -0.39 is 17.8 Å². The second-order valence-corrected chi connectivity index (χ2v) is 4.47. The molecule has 6 nitrogen and oxygen atoms in total. The predicted molar refractivity (Wildman–Crippen MR) is 70.2 cm³/mol. The molecule has 0 aliphatic carbocycles. The highest BCUT2D eigenvalue weighted by Gasteiger charge is 2.17. The number of carbonyl (C=O) groups excluding carboxylic acids is 1. The molecule has 3 N–H and O–H groups in total. The second-order valence-electron chi connectivity index (χ2n) is 4.47. The van der Waals surface area contributed by atoms with Crippen molar-refractivity contribution in [3.8, 4) is 0 Å². The number of aliphatic carboxylic acids is 1. The van der Waals surface area contributed by atoms with Crippen LogP contribution >= 0.6 is 0 Å². The first kappa shape index (κ1) is 16.9. The van der Waals surface area contributed by atoms with Gasteiger partial charge in [0.25, 0.3) is 0 Å². The second kappa shape index (κ2) is 8.88. The van der Waals surface area contributed by atoms with Gasteiger partial charge in [0.1, 0.15) is 0 Å². The van der Waals surface area contributed by atoms with Gasteiger partial charge in [-0.2, -0.15) is 0 Å². The van der Waals surface area contributed by atoms with Crippen LogP contribution in [0.4, 0.5) is 0 Å². The van der Waals surface area contributed by atoms with E-state index in [9.17, 15) is 9.59 Å². The van der Waals surface area contributed by atoms with Gasteiger partial charge in [-0.1, -0.05) is 20.8 Å². The Hall–Kier alpha value is -1.14. The summed E-state index contributed by atoms with van der Waals surface area (Å²) < 4.78 is 0. The average molecular weight is 259 g/mol. The number of amides is 1. The van der Waals surface area contributed by atoms with Gasteiger partial charge < -0.3 is 15.7 Å². The summed E-state index contributed by atoms with van der Waals surface area (Å²) in [5, 5.41) is 8.88. The summed E-state index contributed by atoms with van der Waals surface area (Å²) in [5.74, 6) is -1.78. The van der Waals surface area contributed by atoms with E-state index in [0.717, 1.165) is 19.6 Å². The van der Waals surface area contributed by atoms with Crippen molar-refractivity contribution in [3.05, 3.63) is 0 Å². The largest absolute Gasteiger partial charge is 0.481 e. The third kappa shape index (κ3) is 7.24. The third-order valence-corrected chi connectivity index (χ3v) is 2.96. The van der Waals surface area contributed by atoms with Crippen LogP contribution < -0.4 is 5.73 Å². The van der Waals surface area contributed by atoms with Gasteiger partial charge in [0.05, 0.1) is 12.5 Å². The van der Waals surface area contributed by atoms with Crippen molar-refractivity contribution >= 4 is 11.9 Å². The lowest BCUT2D eigenvalue weighted by Crippen LogP contribution is -2.42. The van der Waals surface area contributed by atoms with Gasteiger partial charge in [-0.25, -0.2) is 0 Å². The van der Waals surface area contributed by atoms with Crippen molar-refractivity contribution in [3.63, 3.8) is 0 Å². The number of rotatable bonds is 10. The van der Waals surface area contributed by atoms with E-state index in [0.29, 0.717) is 13.1 Å². The molecule has 18 heavy (non-hydrogen) atoms. The molecule has 1 amide bonds. The zero-order valence-corrected chi connectivity index (χ0v) is 11.6. The minimum absolute atomic E-state index is 0.110. The van der Waals surface area contributed by atoms with Gasteiger partial charge in [0.2, 0.25) is 5.91 Å². The topological polar surface area (TPSA) is 86.9 Å². The lowest BCUT2D eigenvalue weighted by atomic mass is 10.1. The highest BCUT2D eigenvalue weighted by atomic mass is 16.4. The fourth-order valence-electron chi connectivity index (χ4n) is 1.74. The number of carbonyl (C=O) groups is 2. The Balaban J connectivity index is 4.30. The zero-order chi connectivity index (χ0) is 14.1. The standard InChI is InChI=1S/C12H25N3O3/c1-4-14(5-2)6-7-15(9-11(13)16)8-10(3)12(17)18/h10H,4-9H2,1-3H3,(H2,13,16)(H,17,18). The molecule has 6 heteroatoms. The van der Waals surface area contributed by atoms with Crippen LogP contribution in [-0.4, -0.2) is 66.1 Å². The Labute approximate surface area is 109 Å². The van der Waals surface area contributed by atoms with E-state index in [2.05, 4.69) is 18.7 Å². The third-order valence-electron chi connectivity index (χ3n) is 2.96. The zero-order valence-electron chi connectivity index (χ0n) is 11.6. The van der Waals surface area contributed by atoms with E-state index >= 15 is 0 Å². The van der Waals surface area contributed by atoms with Crippen LogP contribution in [0.25, 0.3) is 0 Å². The SMILES string of the molecule is CCN(CC)CCN(CC(N)=O)CC(C)C(=O)O. The Kier molecular flexibility index (Phi) is 8.32. The van der Waals surface area contributed by atoms with Gasteiger partial charge in [-0.05, 0) is 13.1 Å². The first-order valence-corrected chi connectivity index (χ1v) is 6.36. The molecule has 0 aromatic carbocycles. The highest BCUT2D eigenvalue weighted by molar-refractivity contribution is 5.76.